The van der Waals surface area contributed by atoms with Gasteiger partial charge in [0.2, 0.25) is 10.0 Å². The van der Waals surface area contributed by atoms with Gasteiger partial charge in [0.15, 0.2) is 0 Å². The minimum atomic E-state index is -3.48. The zero-order valence-corrected chi connectivity index (χ0v) is 12.3. The Hall–Kier alpha value is -1.42. The van der Waals surface area contributed by atoms with E-state index >= 15 is 0 Å². The molecule has 0 atom stereocenters. The van der Waals surface area contributed by atoms with E-state index in [4.69, 9.17) is 10.00 Å². The SMILES string of the molecule is CN(C1CCOCC1)S(=O)(=O)c1ccc(CC#N)cc1. The summed E-state index contributed by atoms with van der Waals surface area (Å²) in [5, 5.41) is 8.62. The van der Waals surface area contributed by atoms with Crippen LogP contribution in [0.15, 0.2) is 29.2 Å². The summed E-state index contributed by atoms with van der Waals surface area (Å²) < 4.78 is 31.7. The first-order valence-electron chi connectivity index (χ1n) is 6.57. The molecule has 1 aromatic rings. The number of nitriles is 1. The average molecular weight is 294 g/mol. The molecule has 1 aromatic carbocycles. The Kier molecular flexibility index (Phi) is 4.76. The Balaban J connectivity index is 2.18. The molecule has 0 spiro atoms. The standard InChI is InChI=1S/C14H18N2O3S/c1-16(13-7-10-19-11-8-13)20(17,18)14-4-2-12(3-5-14)6-9-15/h2-5,13H,6-8,10-11H2,1H3. The maximum absolute atomic E-state index is 12.5. The van der Waals surface area contributed by atoms with E-state index in [1.807, 2.05) is 6.07 Å². The number of hydrogen-bond acceptors (Lipinski definition) is 4. The molecule has 0 unspecified atom stereocenters. The van der Waals surface area contributed by atoms with Crippen LogP contribution in [0.25, 0.3) is 0 Å². The molecule has 1 fully saturated rings. The second-order valence-corrected chi connectivity index (χ2v) is 6.84. The minimum absolute atomic E-state index is 0.00691. The van der Waals surface area contributed by atoms with E-state index in [0.29, 0.717) is 13.2 Å². The van der Waals surface area contributed by atoms with Gasteiger partial charge in [-0.3, -0.25) is 0 Å². The highest BCUT2D eigenvalue weighted by atomic mass is 32.2. The van der Waals surface area contributed by atoms with Gasteiger partial charge < -0.3 is 4.74 Å². The largest absolute Gasteiger partial charge is 0.381 e. The Morgan fingerprint density at radius 2 is 1.90 bits per heavy atom. The second-order valence-electron chi connectivity index (χ2n) is 4.84. The van der Waals surface area contributed by atoms with E-state index in [2.05, 4.69) is 0 Å². The first-order chi connectivity index (χ1) is 9.55. The third-order valence-electron chi connectivity index (χ3n) is 3.59. The topological polar surface area (TPSA) is 70.4 Å². The van der Waals surface area contributed by atoms with Gasteiger partial charge in [0.25, 0.3) is 0 Å². The summed E-state index contributed by atoms with van der Waals surface area (Å²) in [5.74, 6) is 0. The predicted octanol–water partition coefficient (Wildman–Crippen LogP) is 1.55. The fraction of sp³-hybridized carbons (Fsp3) is 0.500. The van der Waals surface area contributed by atoms with Crippen LogP contribution >= 0.6 is 0 Å². The summed E-state index contributed by atoms with van der Waals surface area (Å²) in [4.78, 5) is 0.271. The van der Waals surface area contributed by atoms with Crippen LogP contribution in [0.1, 0.15) is 18.4 Å². The second kappa shape index (κ2) is 6.35. The predicted molar refractivity (Wildman–Crippen MR) is 74.5 cm³/mol. The van der Waals surface area contributed by atoms with Crippen LogP contribution in [0, 0.1) is 11.3 Å². The van der Waals surface area contributed by atoms with Crippen LogP contribution in [-0.2, 0) is 21.2 Å². The molecule has 20 heavy (non-hydrogen) atoms. The van der Waals surface area contributed by atoms with Crippen molar-refractivity contribution in [2.45, 2.75) is 30.2 Å². The maximum atomic E-state index is 12.5. The molecule has 0 aromatic heterocycles. The molecular weight excluding hydrogens is 276 g/mol. The van der Waals surface area contributed by atoms with Crippen LogP contribution in [-0.4, -0.2) is 39.0 Å². The van der Waals surface area contributed by atoms with Gasteiger partial charge in [-0.05, 0) is 30.5 Å². The highest BCUT2D eigenvalue weighted by molar-refractivity contribution is 7.89. The number of ether oxygens (including phenoxy) is 1. The van der Waals surface area contributed by atoms with Gasteiger partial charge in [-0.1, -0.05) is 12.1 Å². The van der Waals surface area contributed by atoms with Crippen LogP contribution in [0.2, 0.25) is 0 Å². The summed E-state index contributed by atoms with van der Waals surface area (Å²) in [6.07, 6.45) is 1.74. The van der Waals surface area contributed by atoms with Crippen LogP contribution in [0.3, 0.4) is 0 Å². The van der Waals surface area contributed by atoms with Crippen LogP contribution < -0.4 is 0 Å². The summed E-state index contributed by atoms with van der Waals surface area (Å²) in [6, 6.07) is 8.55. The zero-order chi connectivity index (χ0) is 14.6. The Bertz CT molecular complexity index is 584. The first kappa shape index (κ1) is 15.0. The molecule has 2 rings (SSSR count). The van der Waals surface area contributed by atoms with Crippen molar-refractivity contribution in [2.24, 2.45) is 0 Å². The van der Waals surface area contributed by atoms with Crippen LogP contribution in [0.4, 0.5) is 0 Å². The summed E-state index contributed by atoms with van der Waals surface area (Å²) in [6.45, 7) is 1.21. The normalized spacial score (nSPS) is 17.1. The molecule has 108 valence electrons. The van der Waals surface area contributed by atoms with E-state index in [0.717, 1.165) is 18.4 Å². The monoisotopic (exact) mass is 294 g/mol. The van der Waals surface area contributed by atoms with E-state index < -0.39 is 10.0 Å². The zero-order valence-electron chi connectivity index (χ0n) is 11.4. The third-order valence-corrected chi connectivity index (χ3v) is 5.51. The van der Waals surface area contributed by atoms with Crippen molar-refractivity contribution in [1.82, 2.24) is 4.31 Å². The molecule has 6 heteroatoms. The van der Waals surface area contributed by atoms with Gasteiger partial charge in [-0.25, -0.2) is 8.42 Å². The molecule has 0 radical (unpaired) electrons. The highest BCUT2D eigenvalue weighted by Gasteiger charge is 2.29. The van der Waals surface area contributed by atoms with Gasteiger partial charge >= 0.3 is 0 Å². The Morgan fingerprint density at radius 3 is 2.45 bits per heavy atom. The van der Waals surface area contributed by atoms with E-state index in [-0.39, 0.29) is 17.4 Å². The van der Waals surface area contributed by atoms with Crippen LogP contribution in [0.5, 0.6) is 0 Å². The molecule has 0 aliphatic carbocycles. The van der Waals surface area contributed by atoms with E-state index in [1.54, 1.807) is 31.3 Å². The van der Waals surface area contributed by atoms with Crippen molar-refractivity contribution in [3.05, 3.63) is 29.8 Å². The summed E-state index contributed by atoms with van der Waals surface area (Å²) in [7, 11) is -1.86. The molecule has 0 amide bonds. The van der Waals surface area contributed by atoms with Gasteiger partial charge in [-0.15, -0.1) is 0 Å². The van der Waals surface area contributed by atoms with Crippen molar-refractivity contribution >= 4 is 10.0 Å². The molecule has 0 saturated carbocycles. The molecule has 0 bridgehead atoms. The first-order valence-corrected chi connectivity index (χ1v) is 8.01. The Morgan fingerprint density at radius 1 is 1.30 bits per heavy atom. The van der Waals surface area contributed by atoms with Gasteiger partial charge in [-0.2, -0.15) is 9.57 Å². The molecule has 5 nitrogen and oxygen atoms in total. The fourth-order valence-electron chi connectivity index (χ4n) is 2.28. The third kappa shape index (κ3) is 3.18. The van der Waals surface area contributed by atoms with E-state index in [9.17, 15) is 8.42 Å². The average Bonchev–Trinajstić information content (AvgIpc) is 2.48. The minimum Gasteiger partial charge on any atom is -0.381 e. The quantitative estimate of drug-likeness (QED) is 0.845. The van der Waals surface area contributed by atoms with Gasteiger partial charge in [0, 0.05) is 26.3 Å². The van der Waals surface area contributed by atoms with Crippen molar-refractivity contribution < 1.29 is 13.2 Å². The van der Waals surface area contributed by atoms with Gasteiger partial charge in [0.1, 0.15) is 0 Å². The fourth-order valence-corrected chi connectivity index (χ4v) is 3.70. The lowest BCUT2D eigenvalue weighted by Crippen LogP contribution is -2.40. The maximum Gasteiger partial charge on any atom is 0.243 e. The lowest BCUT2D eigenvalue weighted by atomic mass is 10.1. The highest BCUT2D eigenvalue weighted by Crippen LogP contribution is 2.22. The number of nitrogens with zero attached hydrogens (tertiary/aromatic N) is 2. The van der Waals surface area contributed by atoms with E-state index in [1.165, 1.54) is 4.31 Å². The van der Waals surface area contributed by atoms with Crippen molar-refractivity contribution in [2.75, 3.05) is 20.3 Å². The lowest BCUT2D eigenvalue weighted by Gasteiger charge is -2.30. The smallest absolute Gasteiger partial charge is 0.243 e. The van der Waals surface area contributed by atoms with Gasteiger partial charge in [0.05, 0.1) is 17.4 Å². The Labute approximate surface area is 119 Å². The number of benzene rings is 1. The molecule has 0 N–H and O–H groups in total. The van der Waals surface area contributed by atoms with Crippen molar-refractivity contribution in [3.63, 3.8) is 0 Å². The summed E-state index contributed by atoms with van der Waals surface area (Å²) >= 11 is 0. The van der Waals surface area contributed by atoms with Crippen molar-refractivity contribution in [3.8, 4) is 6.07 Å². The number of hydrogen-bond donors (Lipinski definition) is 0. The lowest BCUT2D eigenvalue weighted by molar-refractivity contribution is 0.0632. The summed E-state index contributed by atoms with van der Waals surface area (Å²) in [5.41, 5.74) is 0.820. The van der Waals surface area contributed by atoms with Crippen molar-refractivity contribution in [1.29, 1.82) is 5.26 Å². The molecular formula is C14H18N2O3S. The number of rotatable bonds is 4. The molecule has 1 aliphatic heterocycles. The number of sulfonamides is 1. The molecule has 1 aliphatic rings. The molecule has 1 saturated heterocycles. The molecule has 1 heterocycles.